The summed E-state index contributed by atoms with van der Waals surface area (Å²) < 4.78 is 36.1. The number of halogens is 2. The Bertz CT molecular complexity index is 1170. The minimum Gasteiger partial charge on any atom is -0.474 e. The number of carbonyl (C=O) groups is 1. The molecule has 4 rings (SSSR count). The van der Waals surface area contributed by atoms with Gasteiger partial charge in [0.15, 0.2) is 11.6 Å². The summed E-state index contributed by atoms with van der Waals surface area (Å²) in [5, 5.41) is 10.9. The molecule has 0 spiro atoms. The van der Waals surface area contributed by atoms with E-state index in [2.05, 4.69) is 15.6 Å². The number of amides is 1. The van der Waals surface area contributed by atoms with Crippen LogP contribution in [0.4, 0.5) is 20.2 Å². The average Bonchev–Trinajstić information content (AvgIpc) is 3.32. The standard InChI is InChI=1S/C22H23F2N7O2S/c1-33-22(34)26-12-16-13-31(28-27-16)17-10-18(23)20(19(24)11-17)29-6-8-30(9-7-29)21(32)14-2-4-15(25)5-3-14/h2-5,10-11,13H,6-9,12,25H2,1H3,(H,26,34). The first-order valence-corrected chi connectivity index (χ1v) is 10.9. The topological polar surface area (TPSA) is 102 Å². The van der Waals surface area contributed by atoms with Crippen LogP contribution in [0.5, 0.6) is 0 Å². The van der Waals surface area contributed by atoms with Crippen molar-refractivity contribution in [1.82, 2.24) is 25.2 Å². The van der Waals surface area contributed by atoms with Gasteiger partial charge in [0.25, 0.3) is 11.1 Å². The van der Waals surface area contributed by atoms with E-state index >= 15 is 0 Å². The maximum atomic E-state index is 15.0. The highest BCUT2D eigenvalue weighted by Gasteiger charge is 2.26. The fourth-order valence-corrected chi connectivity index (χ4v) is 3.74. The van der Waals surface area contributed by atoms with Gasteiger partial charge in [-0.25, -0.2) is 13.5 Å². The van der Waals surface area contributed by atoms with Crippen LogP contribution in [-0.2, 0) is 11.3 Å². The zero-order chi connectivity index (χ0) is 24.2. The van der Waals surface area contributed by atoms with Gasteiger partial charge in [0.1, 0.15) is 11.4 Å². The molecule has 0 atom stereocenters. The molecule has 0 aliphatic carbocycles. The van der Waals surface area contributed by atoms with E-state index in [1.807, 2.05) is 0 Å². The van der Waals surface area contributed by atoms with Crippen LogP contribution >= 0.6 is 12.2 Å². The van der Waals surface area contributed by atoms with Gasteiger partial charge in [0.2, 0.25) is 0 Å². The van der Waals surface area contributed by atoms with Crippen molar-refractivity contribution in [2.75, 3.05) is 43.9 Å². The summed E-state index contributed by atoms with van der Waals surface area (Å²) in [6, 6.07) is 9.07. The Kier molecular flexibility index (Phi) is 6.87. The lowest BCUT2D eigenvalue weighted by atomic mass is 10.1. The molecule has 0 saturated carbocycles. The smallest absolute Gasteiger partial charge is 0.256 e. The minimum absolute atomic E-state index is 0.129. The number of piperazine rings is 1. The Morgan fingerprint density at radius 2 is 1.79 bits per heavy atom. The molecular formula is C22H23F2N7O2S. The maximum absolute atomic E-state index is 15.0. The molecule has 9 nitrogen and oxygen atoms in total. The van der Waals surface area contributed by atoms with Crippen molar-refractivity contribution in [3.8, 4) is 5.69 Å². The second kappa shape index (κ2) is 10.00. The van der Waals surface area contributed by atoms with Gasteiger partial charge in [-0.3, -0.25) is 4.79 Å². The van der Waals surface area contributed by atoms with E-state index in [0.29, 0.717) is 43.1 Å². The van der Waals surface area contributed by atoms with Crippen LogP contribution in [0.2, 0.25) is 0 Å². The Hall–Kier alpha value is -3.80. The Labute approximate surface area is 200 Å². The number of methoxy groups -OCH3 is 1. The summed E-state index contributed by atoms with van der Waals surface area (Å²) in [5.74, 6) is -1.58. The molecule has 1 aliphatic heterocycles. The van der Waals surface area contributed by atoms with E-state index in [4.69, 9.17) is 22.7 Å². The Morgan fingerprint density at radius 1 is 1.15 bits per heavy atom. The highest BCUT2D eigenvalue weighted by molar-refractivity contribution is 7.80. The summed E-state index contributed by atoms with van der Waals surface area (Å²) in [6.45, 7) is 1.53. The Balaban J connectivity index is 1.43. The molecule has 178 valence electrons. The third kappa shape index (κ3) is 5.06. The average molecular weight is 488 g/mol. The van der Waals surface area contributed by atoms with Crippen LogP contribution in [0.3, 0.4) is 0 Å². The van der Waals surface area contributed by atoms with Crippen molar-refractivity contribution in [1.29, 1.82) is 0 Å². The van der Waals surface area contributed by atoms with Crippen molar-refractivity contribution in [2.24, 2.45) is 0 Å². The second-order valence-electron chi connectivity index (χ2n) is 7.66. The summed E-state index contributed by atoms with van der Waals surface area (Å²) in [6.07, 6.45) is 1.54. The van der Waals surface area contributed by atoms with Crippen LogP contribution < -0.4 is 16.0 Å². The third-order valence-corrected chi connectivity index (χ3v) is 5.76. The van der Waals surface area contributed by atoms with E-state index in [9.17, 15) is 13.6 Å². The SMILES string of the molecule is COC(=S)NCc1cn(-c2cc(F)c(N3CCN(C(=O)c4ccc(N)cc4)CC3)c(F)c2)nn1. The quantitative estimate of drug-likeness (QED) is 0.417. The fourth-order valence-electron chi connectivity index (χ4n) is 3.67. The van der Waals surface area contributed by atoms with Crippen molar-refractivity contribution in [3.63, 3.8) is 0 Å². The highest BCUT2D eigenvalue weighted by Crippen LogP contribution is 2.27. The predicted molar refractivity (Wildman–Crippen MR) is 127 cm³/mol. The minimum atomic E-state index is -0.718. The van der Waals surface area contributed by atoms with Gasteiger partial charge in [-0.15, -0.1) is 5.10 Å². The van der Waals surface area contributed by atoms with Crippen molar-refractivity contribution < 1.29 is 18.3 Å². The first kappa shape index (κ1) is 23.4. The molecule has 1 aliphatic rings. The van der Waals surface area contributed by atoms with E-state index in [1.165, 1.54) is 23.9 Å². The number of nitrogen functional groups attached to an aromatic ring is 1. The fraction of sp³-hybridized carbons (Fsp3) is 0.273. The normalized spacial score (nSPS) is 13.6. The van der Waals surface area contributed by atoms with Crippen LogP contribution in [0.1, 0.15) is 16.1 Å². The number of anilines is 2. The van der Waals surface area contributed by atoms with Crippen LogP contribution in [0.25, 0.3) is 5.69 Å². The molecule has 1 fully saturated rings. The molecular weight excluding hydrogens is 464 g/mol. The summed E-state index contributed by atoms with van der Waals surface area (Å²) in [5.41, 5.74) is 7.36. The number of rotatable bonds is 5. The lowest BCUT2D eigenvalue weighted by Gasteiger charge is -2.36. The second-order valence-corrected chi connectivity index (χ2v) is 8.03. The van der Waals surface area contributed by atoms with E-state index in [-0.39, 0.29) is 29.0 Å². The molecule has 3 N–H and O–H groups in total. The molecule has 0 bridgehead atoms. The number of nitrogens with one attached hydrogen (secondary N) is 1. The third-order valence-electron chi connectivity index (χ3n) is 5.45. The van der Waals surface area contributed by atoms with Gasteiger partial charge < -0.3 is 25.6 Å². The number of hydrogen-bond donors (Lipinski definition) is 2. The van der Waals surface area contributed by atoms with E-state index < -0.39 is 11.6 Å². The van der Waals surface area contributed by atoms with Crippen LogP contribution in [-0.4, -0.2) is 64.3 Å². The van der Waals surface area contributed by atoms with Crippen LogP contribution in [0, 0.1) is 11.6 Å². The number of hydrogen-bond acceptors (Lipinski definition) is 7. The van der Waals surface area contributed by atoms with Gasteiger partial charge >= 0.3 is 0 Å². The summed E-state index contributed by atoms with van der Waals surface area (Å²) in [4.78, 5) is 15.9. The first-order valence-electron chi connectivity index (χ1n) is 10.5. The molecule has 0 radical (unpaired) electrons. The lowest BCUT2D eigenvalue weighted by molar-refractivity contribution is 0.0746. The van der Waals surface area contributed by atoms with Gasteiger partial charge in [-0.05, 0) is 36.5 Å². The number of carbonyl (C=O) groups excluding carboxylic acids is 1. The maximum Gasteiger partial charge on any atom is 0.256 e. The van der Waals surface area contributed by atoms with Gasteiger partial charge in [0, 0.05) is 49.6 Å². The molecule has 2 heterocycles. The molecule has 34 heavy (non-hydrogen) atoms. The molecule has 2 aromatic carbocycles. The van der Waals surface area contributed by atoms with Crippen molar-refractivity contribution >= 4 is 34.7 Å². The number of thiocarbonyl (C=S) groups is 1. The van der Waals surface area contributed by atoms with Gasteiger partial charge in [0.05, 0.1) is 25.5 Å². The summed E-state index contributed by atoms with van der Waals surface area (Å²) >= 11 is 4.90. The molecule has 1 aromatic heterocycles. The Morgan fingerprint density at radius 3 is 2.41 bits per heavy atom. The number of nitrogens with two attached hydrogens (primary N) is 1. The monoisotopic (exact) mass is 487 g/mol. The number of nitrogens with zero attached hydrogens (tertiary/aromatic N) is 5. The number of ether oxygens (including phenoxy) is 1. The summed E-state index contributed by atoms with van der Waals surface area (Å²) in [7, 11) is 1.44. The first-order chi connectivity index (χ1) is 16.4. The van der Waals surface area contributed by atoms with Crippen molar-refractivity contribution in [3.05, 3.63) is 65.5 Å². The zero-order valence-electron chi connectivity index (χ0n) is 18.4. The van der Waals surface area contributed by atoms with Gasteiger partial charge in [-0.1, -0.05) is 5.21 Å². The van der Waals surface area contributed by atoms with Gasteiger partial charge in [-0.2, -0.15) is 0 Å². The van der Waals surface area contributed by atoms with E-state index in [1.54, 1.807) is 40.3 Å². The largest absolute Gasteiger partial charge is 0.474 e. The van der Waals surface area contributed by atoms with Crippen LogP contribution in [0.15, 0.2) is 42.6 Å². The lowest BCUT2D eigenvalue weighted by Crippen LogP contribution is -2.49. The zero-order valence-corrected chi connectivity index (χ0v) is 19.2. The van der Waals surface area contributed by atoms with E-state index in [0.717, 1.165) is 0 Å². The molecule has 1 amide bonds. The predicted octanol–water partition coefficient (Wildman–Crippen LogP) is 2.11. The number of aromatic nitrogens is 3. The molecule has 3 aromatic rings. The molecule has 12 heteroatoms. The highest BCUT2D eigenvalue weighted by atomic mass is 32.1. The number of benzene rings is 2. The molecule has 0 unspecified atom stereocenters. The molecule has 1 saturated heterocycles. The van der Waals surface area contributed by atoms with Crippen molar-refractivity contribution in [2.45, 2.75) is 6.54 Å².